The Labute approximate surface area is 162 Å². The Hall–Kier alpha value is -0.870. The van der Waals surface area contributed by atoms with Crippen LogP contribution in [0.5, 0.6) is 0 Å². The van der Waals surface area contributed by atoms with Crippen LogP contribution in [-0.2, 0) is 14.3 Å². The first-order chi connectivity index (χ1) is 12.7. The molecule has 0 amide bonds. The fourth-order valence-electron chi connectivity index (χ4n) is 8.21. The minimum atomic E-state index is -0.376. The van der Waals surface area contributed by atoms with E-state index in [4.69, 9.17) is 9.47 Å². The van der Waals surface area contributed by atoms with Crippen molar-refractivity contribution in [1.29, 1.82) is 0 Å². The highest BCUT2D eigenvalue weighted by molar-refractivity contribution is 5.66. The van der Waals surface area contributed by atoms with Gasteiger partial charge in [-0.1, -0.05) is 25.5 Å². The molecule has 0 aromatic rings. The lowest BCUT2D eigenvalue weighted by Crippen LogP contribution is -2.55. The number of allylic oxidation sites excluding steroid dienone is 1. The van der Waals surface area contributed by atoms with Crippen molar-refractivity contribution in [3.63, 3.8) is 0 Å². The molecule has 0 bridgehead atoms. The summed E-state index contributed by atoms with van der Waals surface area (Å²) in [6, 6.07) is 0. The van der Waals surface area contributed by atoms with Crippen LogP contribution in [-0.4, -0.2) is 35.0 Å². The van der Waals surface area contributed by atoms with Crippen molar-refractivity contribution in [1.82, 2.24) is 0 Å². The van der Waals surface area contributed by atoms with Gasteiger partial charge < -0.3 is 14.6 Å². The van der Waals surface area contributed by atoms with E-state index < -0.39 is 0 Å². The number of epoxide rings is 1. The van der Waals surface area contributed by atoms with E-state index in [0.29, 0.717) is 11.8 Å². The van der Waals surface area contributed by atoms with E-state index in [0.717, 1.165) is 44.4 Å². The topological polar surface area (TPSA) is 59.1 Å². The van der Waals surface area contributed by atoms with Gasteiger partial charge in [-0.15, -0.1) is 0 Å². The summed E-state index contributed by atoms with van der Waals surface area (Å²) in [6.45, 7) is 8.31. The van der Waals surface area contributed by atoms with E-state index in [9.17, 15) is 9.90 Å². The maximum Gasteiger partial charge on any atom is 0.302 e. The van der Waals surface area contributed by atoms with Gasteiger partial charge in [0.1, 0.15) is 11.7 Å². The van der Waals surface area contributed by atoms with Gasteiger partial charge in [0.2, 0.25) is 0 Å². The summed E-state index contributed by atoms with van der Waals surface area (Å²) in [7, 11) is 0. The van der Waals surface area contributed by atoms with Crippen LogP contribution >= 0.6 is 0 Å². The lowest BCUT2D eigenvalue weighted by Gasteiger charge is -2.58. The lowest BCUT2D eigenvalue weighted by molar-refractivity contribution is -0.149. The van der Waals surface area contributed by atoms with Crippen LogP contribution in [0.2, 0.25) is 0 Å². The molecule has 0 aromatic carbocycles. The van der Waals surface area contributed by atoms with Gasteiger partial charge in [0.25, 0.3) is 0 Å². The monoisotopic (exact) mass is 374 g/mol. The molecule has 27 heavy (non-hydrogen) atoms. The smallest absolute Gasteiger partial charge is 0.302 e. The molecule has 1 saturated heterocycles. The predicted molar refractivity (Wildman–Crippen MR) is 102 cm³/mol. The Kier molecular flexibility index (Phi) is 3.77. The molecular formula is C23H34O4. The molecule has 0 radical (unpaired) electrons. The normalized spacial score (nSPS) is 54.0. The zero-order valence-electron chi connectivity index (χ0n) is 17.2. The second kappa shape index (κ2) is 5.60. The van der Waals surface area contributed by atoms with Crippen LogP contribution in [0.1, 0.15) is 72.6 Å². The second-order valence-electron chi connectivity index (χ2n) is 10.5. The Bertz CT molecular complexity index is 698. The molecule has 1 heterocycles. The van der Waals surface area contributed by atoms with Crippen molar-refractivity contribution >= 4 is 5.97 Å². The summed E-state index contributed by atoms with van der Waals surface area (Å²) < 4.78 is 11.7. The highest BCUT2D eigenvalue weighted by Gasteiger charge is 2.78. The van der Waals surface area contributed by atoms with Gasteiger partial charge in [-0.05, 0) is 68.6 Å². The molecular weight excluding hydrogens is 340 g/mol. The first-order valence-corrected chi connectivity index (χ1v) is 10.9. The van der Waals surface area contributed by atoms with Crippen LogP contribution in [0, 0.1) is 28.6 Å². The first-order valence-electron chi connectivity index (χ1n) is 10.9. The number of aliphatic hydroxyl groups excluding tert-OH is 1. The third-order valence-electron chi connectivity index (χ3n) is 9.52. The molecule has 5 rings (SSSR count). The third-order valence-corrected chi connectivity index (χ3v) is 9.52. The molecule has 4 fully saturated rings. The SMILES string of the molecule is CC(=O)OC1CCC2(C)C(=CCC3C2CCC2(C)C3CC3OC32C(C)O)C1. The minimum Gasteiger partial charge on any atom is -0.462 e. The van der Waals surface area contributed by atoms with Crippen LogP contribution in [0.4, 0.5) is 0 Å². The number of hydrogen-bond acceptors (Lipinski definition) is 4. The highest BCUT2D eigenvalue weighted by atomic mass is 16.6. The second-order valence-corrected chi connectivity index (χ2v) is 10.5. The van der Waals surface area contributed by atoms with Crippen LogP contribution in [0.3, 0.4) is 0 Å². The van der Waals surface area contributed by atoms with Gasteiger partial charge in [0, 0.05) is 18.8 Å². The van der Waals surface area contributed by atoms with Gasteiger partial charge >= 0.3 is 5.97 Å². The molecule has 4 aliphatic carbocycles. The van der Waals surface area contributed by atoms with Gasteiger partial charge in [0.15, 0.2) is 0 Å². The van der Waals surface area contributed by atoms with Crippen LogP contribution in [0.15, 0.2) is 11.6 Å². The number of rotatable bonds is 2. The molecule has 5 aliphatic rings. The Morgan fingerprint density at radius 2 is 2.07 bits per heavy atom. The molecule has 1 N–H and O–H groups in total. The quantitative estimate of drug-likeness (QED) is 0.451. The maximum atomic E-state index is 11.4. The molecule has 0 spiro atoms. The van der Waals surface area contributed by atoms with Gasteiger partial charge in [-0.25, -0.2) is 0 Å². The number of carbonyl (C=O) groups excluding carboxylic acids is 1. The zero-order valence-corrected chi connectivity index (χ0v) is 17.2. The van der Waals surface area contributed by atoms with Crippen molar-refractivity contribution < 1.29 is 19.4 Å². The molecule has 150 valence electrons. The standard InChI is InChI=1S/C23H34O4/c1-13(24)23-20(27-23)12-19-17-6-5-15-11-16(26-14(2)25)7-9-21(15,3)18(17)8-10-22(19,23)4/h5,13,16-20,24H,6-12H2,1-4H3. The highest BCUT2D eigenvalue weighted by Crippen LogP contribution is 2.73. The van der Waals surface area contributed by atoms with Crippen LogP contribution in [0.25, 0.3) is 0 Å². The number of esters is 1. The first kappa shape index (κ1) is 18.2. The van der Waals surface area contributed by atoms with Crippen molar-refractivity contribution in [2.24, 2.45) is 28.6 Å². The van der Waals surface area contributed by atoms with E-state index in [2.05, 4.69) is 19.9 Å². The summed E-state index contributed by atoms with van der Waals surface area (Å²) >= 11 is 0. The molecule has 1 aliphatic heterocycles. The van der Waals surface area contributed by atoms with E-state index in [1.807, 2.05) is 6.92 Å². The largest absolute Gasteiger partial charge is 0.462 e. The minimum absolute atomic E-state index is 0.0678. The summed E-state index contributed by atoms with van der Waals surface area (Å²) in [5.74, 6) is 1.93. The lowest BCUT2D eigenvalue weighted by atomic mass is 9.47. The molecule has 9 unspecified atom stereocenters. The van der Waals surface area contributed by atoms with Crippen LogP contribution < -0.4 is 0 Å². The Balaban J connectivity index is 1.42. The van der Waals surface area contributed by atoms with Gasteiger partial charge in [-0.2, -0.15) is 0 Å². The summed E-state index contributed by atoms with van der Waals surface area (Å²) in [6.07, 6.45) is 10.1. The molecule has 4 heteroatoms. The number of ether oxygens (including phenoxy) is 2. The van der Waals surface area contributed by atoms with Crippen molar-refractivity contribution in [3.05, 3.63) is 11.6 Å². The molecule has 3 saturated carbocycles. The number of carbonyl (C=O) groups is 1. The van der Waals surface area contributed by atoms with E-state index in [1.165, 1.54) is 18.9 Å². The average Bonchev–Trinajstić information content (AvgIpc) is 3.27. The molecule has 9 atom stereocenters. The fraction of sp³-hybridized carbons (Fsp3) is 0.870. The predicted octanol–water partition coefficient (Wildman–Crippen LogP) is 4.01. The van der Waals surface area contributed by atoms with E-state index in [-0.39, 0.29) is 40.7 Å². The Morgan fingerprint density at radius 3 is 2.78 bits per heavy atom. The molecule has 4 nitrogen and oxygen atoms in total. The maximum absolute atomic E-state index is 11.4. The van der Waals surface area contributed by atoms with E-state index in [1.54, 1.807) is 0 Å². The van der Waals surface area contributed by atoms with E-state index >= 15 is 0 Å². The zero-order chi connectivity index (χ0) is 19.2. The Morgan fingerprint density at radius 1 is 1.30 bits per heavy atom. The number of hydrogen-bond donors (Lipinski definition) is 1. The van der Waals surface area contributed by atoms with Crippen molar-refractivity contribution in [2.75, 3.05) is 0 Å². The molecule has 0 aromatic heterocycles. The van der Waals surface area contributed by atoms with Gasteiger partial charge in [0.05, 0.1) is 12.2 Å². The number of aliphatic hydroxyl groups is 1. The summed E-state index contributed by atoms with van der Waals surface area (Å²) in [5, 5.41) is 10.5. The summed E-state index contributed by atoms with van der Waals surface area (Å²) in [5.41, 5.74) is 1.63. The average molecular weight is 375 g/mol. The van der Waals surface area contributed by atoms with Gasteiger partial charge in [-0.3, -0.25) is 4.79 Å². The summed E-state index contributed by atoms with van der Waals surface area (Å²) in [4.78, 5) is 11.4. The van der Waals surface area contributed by atoms with Crippen molar-refractivity contribution in [2.45, 2.75) is 96.6 Å². The number of fused-ring (bicyclic) bond motifs is 7. The third kappa shape index (κ3) is 2.20. The van der Waals surface area contributed by atoms with Crippen molar-refractivity contribution in [3.8, 4) is 0 Å². The fourth-order valence-corrected chi connectivity index (χ4v) is 8.21.